The van der Waals surface area contributed by atoms with Crippen LogP contribution in [0, 0.1) is 0 Å². The van der Waals surface area contributed by atoms with E-state index >= 15 is 0 Å². The van der Waals surface area contributed by atoms with E-state index in [2.05, 4.69) is 21.2 Å². The zero-order valence-electron chi connectivity index (χ0n) is 16.0. The van der Waals surface area contributed by atoms with Gasteiger partial charge in [-0.2, -0.15) is 0 Å². The highest BCUT2D eigenvalue weighted by atomic mass is 79.9. The van der Waals surface area contributed by atoms with Crippen molar-refractivity contribution in [2.24, 2.45) is 0 Å². The summed E-state index contributed by atoms with van der Waals surface area (Å²) in [5.74, 6) is 0.522. The van der Waals surface area contributed by atoms with Crippen molar-refractivity contribution < 1.29 is 18.7 Å². The molecular formula is C22H23BrN2O4. The average molecular weight is 459 g/mol. The Morgan fingerprint density at radius 2 is 2.03 bits per heavy atom. The fourth-order valence-electron chi connectivity index (χ4n) is 3.90. The first-order chi connectivity index (χ1) is 14.1. The van der Waals surface area contributed by atoms with E-state index in [1.165, 1.54) is 0 Å². The van der Waals surface area contributed by atoms with Crippen LogP contribution in [-0.4, -0.2) is 35.4 Å². The van der Waals surface area contributed by atoms with Crippen molar-refractivity contribution in [2.45, 2.75) is 44.4 Å². The van der Waals surface area contributed by atoms with Gasteiger partial charge in [-0.05, 0) is 49.1 Å². The number of carbonyl (C=O) groups excluding carboxylic acids is 2. The van der Waals surface area contributed by atoms with Crippen molar-refractivity contribution >= 4 is 33.8 Å². The van der Waals surface area contributed by atoms with E-state index in [-0.39, 0.29) is 30.5 Å². The Morgan fingerprint density at radius 1 is 1.21 bits per heavy atom. The standard InChI is InChI=1S/C22H23BrN2O4/c23-17-8-2-1-6-15(17)12-20-22(27)25(18-9-3-4-10-19(18)29-20)14-21(26)24-13-16-7-5-11-28-16/h1-2,5-8,11-12,18-19H,3-4,9-10,13-14H2,(H,24,26)/b20-12+. The Hall–Kier alpha value is -2.54. The van der Waals surface area contributed by atoms with Crippen molar-refractivity contribution in [3.05, 3.63) is 64.2 Å². The molecule has 2 heterocycles. The third kappa shape index (κ3) is 4.56. The second-order valence-electron chi connectivity index (χ2n) is 7.33. The topological polar surface area (TPSA) is 71.8 Å². The smallest absolute Gasteiger partial charge is 0.289 e. The molecule has 152 valence electrons. The van der Waals surface area contributed by atoms with E-state index < -0.39 is 0 Å². The lowest BCUT2D eigenvalue weighted by molar-refractivity contribution is -0.151. The van der Waals surface area contributed by atoms with E-state index in [4.69, 9.17) is 9.15 Å². The number of benzene rings is 1. The van der Waals surface area contributed by atoms with Gasteiger partial charge in [-0.15, -0.1) is 0 Å². The number of fused-ring (bicyclic) bond motifs is 1. The summed E-state index contributed by atoms with van der Waals surface area (Å²) in [6.45, 7) is 0.315. The van der Waals surface area contributed by atoms with Gasteiger partial charge in [0.15, 0.2) is 5.76 Å². The first kappa shape index (κ1) is 19.8. The predicted molar refractivity (Wildman–Crippen MR) is 112 cm³/mol. The predicted octanol–water partition coefficient (Wildman–Crippen LogP) is 3.87. The Balaban J connectivity index is 1.52. The molecule has 1 saturated heterocycles. The average Bonchev–Trinajstić information content (AvgIpc) is 3.25. The molecule has 1 saturated carbocycles. The Bertz CT molecular complexity index is 909. The number of ether oxygens (including phenoxy) is 1. The lowest BCUT2D eigenvalue weighted by Crippen LogP contribution is -2.57. The van der Waals surface area contributed by atoms with E-state index in [0.717, 1.165) is 35.7 Å². The summed E-state index contributed by atoms with van der Waals surface area (Å²) in [7, 11) is 0. The maximum absolute atomic E-state index is 13.2. The van der Waals surface area contributed by atoms with Crippen molar-refractivity contribution in [1.29, 1.82) is 0 Å². The van der Waals surface area contributed by atoms with Crippen molar-refractivity contribution in [2.75, 3.05) is 6.54 Å². The van der Waals surface area contributed by atoms with Crippen molar-refractivity contribution in [3.63, 3.8) is 0 Å². The molecule has 1 N–H and O–H groups in total. The molecule has 2 amide bonds. The lowest BCUT2D eigenvalue weighted by atomic mass is 9.89. The molecule has 0 spiro atoms. The van der Waals surface area contributed by atoms with Gasteiger partial charge in [0, 0.05) is 4.47 Å². The number of nitrogens with one attached hydrogen (secondary N) is 1. The fourth-order valence-corrected chi connectivity index (χ4v) is 4.30. The number of morpholine rings is 1. The van der Waals surface area contributed by atoms with Crippen LogP contribution >= 0.6 is 15.9 Å². The zero-order chi connectivity index (χ0) is 20.2. The Kier molecular flexibility index (Phi) is 6.04. The molecule has 2 aromatic rings. The second-order valence-corrected chi connectivity index (χ2v) is 8.18. The molecule has 1 aromatic heterocycles. The van der Waals surface area contributed by atoms with Crippen molar-refractivity contribution in [3.8, 4) is 0 Å². The van der Waals surface area contributed by atoms with E-state index in [1.54, 1.807) is 29.4 Å². The third-order valence-electron chi connectivity index (χ3n) is 5.36. The van der Waals surface area contributed by atoms with Gasteiger partial charge in [0.25, 0.3) is 5.91 Å². The Labute approximate surface area is 178 Å². The monoisotopic (exact) mass is 458 g/mol. The van der Waals surface area contributed by atoms with Gasteiger partial charge >= 0.3 is 0 Å². The zero-order valence-corrected chi connectivity index (χ0v) is 17.6. The summed E-state index contributed by atoms with van der Waals surface area (Å²) in [6, 6.07) is 11.2. The van der Waals surface area contributed by atoms with E-state index in [9.17, 15) is 9.59 Å². The quantitative estimate of drug-likeness (QED) is 0.690. The van der Waals surface area contributed by atoms with E-state index in [0.29, 0.717) is 18.1 Å². The number of rotatable bonds is 5. The Morgan fingerprint density at radius 3 is 2.83 bits per heavy atom. The van der Waals surface area contributed by atoms with Crippen LogP contribution in [0.3, 0.4) is 0 Å². The van der Waals surface area contributed by atoms with Gasteiger partial charge in [-0.1, -0.05) is 40.5 Å². The highest BCUT2D eigenvalue weighted by Gasteiger charge is 2.42. The summed E-state index contributed by atoms with van der Waals surface area (Å²) < 4.78 is 12.2. The van der Waals surface area contributed by atoms with Gasteiger partial charge in [0.1, 0.15) is 18.4 Å². The molecule has 1 aliphatic carbocycles. The lowest BCUT2D eigenvalue weighted by Gasteiger charge is -2.44. The van der Waals surface area contributed by atoms with Crippen LogP contribution in [0.25, 0.3) is 6.08 Å². The van der Waals surface area contributed by atoms with Gasteiger partial charge in [-0.3, -0.25) is 9.59 Å². The van der Waals surface area contributed by atoms with Gasteiger partial charge in [0.2, 0.25) is 5.91 Å². The second kappa shape index (κ2) is 8.86. The molecular weight excluding hydrogens is 436 g/mol. The molecule has 2 aliphatic rings. The first-order valence-electron chi connectivity index (χ1n) is 9.85. The number of hydrogen-bond acceptors (Lipinski definition) is 4. The first-order valence-corrected chi connectivity index (χ1v) is 10.6. The molecule has 4 rings (SSSR count). The normalized spacial score (nSPS) is 22.9. The fraction of sp³-hybridized carbons (Fsp3) is 0.364. The summed E-state index contributed by atoms with van der Waals surface area (Å²) >= 11 is 3.51. The van der Waals surface area contributed by atoms with Crippen molar-refractivity contribution in [1.82, 2.24) is 10.2 Å². The van der Waals surface area contributed by atoms with Crippen LogP contribution < -0.4 is 5.32 Å². The number of hydrogen-bond donors (Lipinski definition) is 1. The number of halogens is 1. The largest absolute Gasteiger partial charge is 0.482 e. The molecule has 1 aromatic carbocycles. The van der Waals surface area contributed by atoms with E-state index in [1.807, 2.05) is 24.3 Å². The number of nitrogens with zero attached hydrogens (tertiary/aromatic N) is 1. The van der Waals surface area contributed by atoms with Crippen LogP contribution in [0.2, 0.25) is 0 Å². The molecule has 0 radical (unpaired) electrons. The van der Waals surface area contributed by atoms with Crippen LogP contribution in [0.4, 0.5) is 0 Å². The maximum Gasteiger partial charge on any atom is 0.289 e. The summed E-state index contributed by atoms with van der Waals surface area (Å²) in [6.07, 6.45) is 7.08. The minimum Gasteiger partial charge on any atom is -0.482 e. The highest BCUT2D eigenvalue weighted by Crippen LogP contribution is 2.33. The summed E-state index contributed by atoms with van der Waals surface area (Å²) in [4.78, 5) is 27.4. The number of amides is 2. The van der Waals surface area contributed by atoms with Crippen LogP contribution in [-0.2, 0) is 20.9 Å². The van der Waals surface area contributed by atoms with Gasteiger partial charge < -0.3 is 19.4 Å². The number of furan rings is 1. The third-order valence-corrected chi connectivity index (χ3v) is 6.09. The molecule has 6 nitrogen and oxygen atoms in total. The maximum atomic E-state index is 13.2. The SMILES string of the molecule is O=C(CN1C(=O)/C(=C\c2ccccc2Br)OC2CCCCC21)NCc1ccco1. The molecule has 7 heteroatoms. The van der Waals surface area contributed by atoms with Crippen LogP contribution in [0.5, 0.6) is 0 Å². The molecule has 29 heavy (non-hydrogen) atoms. The minimum absolute atomic E-state index is 0.0113. The summed E-state index contributed by atoms with van der Waals surface area (Å²) in [5.41, 5.74) is 0.868. The highest BCUT2D eigenvalue weighted by molar-refractivity contribution is 9.10. The molecule has 1 aliphatic heterocycles. The van der Waals surface area contributed by atoms with Gasteiger partial charge in [-0.25, -0.2) is 0 Å². The molecule has 2 atom stereocenters. The summed E-state index contributed by atoms with van der Waals surface area (Å²) in [5, 5.41) is 2.83. The van der Waals surface area contributed by atoms with Crippen LogP contribution in [0.15, 0.2) is 57.3 Å². The molecule has 2 unspecified atom stereocenters. The minimum atomic E-state index is -0.239. The van der Waals surface area contributed by atoms with Crippen LogP contribution in [0.1, 0.15) is 37.0 Å². The number of carbonyl (C=O) groups is 2. The van der Waals surface area contributed by atoms with Gasteiger partial charge in [0.05, 0.1) is 18.8 Å². The molecule has 0 bridgehead atoms. The molecule has 2 fully saturated rings.